The van der Waals surface area contributed by atoms with Crippen LogP contribution in [0.15, 0.2) is 47.4 Å². The van der Waals surface area contributed by atoms with E-state index in [0.717, 1.165) is 18.2 Å². The van der Waals surface area contributed by atoms with Crippen molar-refractivity contribution in [1.82, 2.24) is 0 Å². The van der Waals surface area contributed by atoms with Crippen molar-refractivity contribution in [2.75, 3.05) is 11.8 Å². The van der Waals surface area contributed by atoms with Crippen molar-refractivity contribution in [2.24, 2.45) is 0 Å². The van der Waals surface area contributed by atoms with Crippen LogP contribution in [0.3, 0.4) is 0 Å². The summed E-state index contributed by atoms with van der Waals surface area (Å²) in [6.07, 6.45) is -4.54. The average molecular weight is 347 g/mol. The molecule has 124 valence electrons. The van der Waals surface area contributed by atoms with Gasteiger partial charge in [-0.05, 0) is 36.4 Å². The number of phenolic OH excluding ortho intramolecular Hbond substituents is 1. The summed E-state index contributed by atoms with van der Waals surface area (Å²) in [4.78, 5) is -0.333. The van der Waals surface area contributed by atoms with Crippen LogP contribution in [0.25, 0.3) is 0 Å². The highest BCUT2D eigenvalue weighted by Gasteiger charge is 2.30. The average Bonchev–Trinajstić information content (AvgIpc) is 2.46. The molecule has 0 radical (unpaired) electrons. The zero-order valence-corrected chi connectivity index (χ0v) is 12.6. The van der Waals surface area contributed by atoms with Crippen molar-refractivity contribution in [3.63, 3.8) is 0 Å². The molecule has 0 saturated carbocycles. The number of aromatic hydroxyl groups is 1. The molecule has 0 aromatic heterocycles. The maximum Gasteiger partial charge on any atom is 0.416 e. The third-order valence-corrected chi connectivity index (χ3v) is 4.32. The Balaban J connectivity index is 2.27. The molecule has 5 nitrogen and oxygen atoms in total. The summed E-state index contributed by atoms with van der Waals surface area (Å²) in [5.41, 5.74) is -0.901. The third-order valence-electron chi connectivity index (χ3n) is 2.92. The number of ether oxygens (including phenoxy) is 1. The molecule has 0 aliphatic carbocycles. The Labute approximate surface area is 130 Å². The second kappa shape index (κ2) is 5.99. The Morgan fingerprint density at radius 1 is 1.09 bits per heavy atom. The minimum Gasteiger partial charge on any atom is -0.504 e. The van der Waals surface area contributed by atoms with Crippen molar-refractivity contribution in [3.8, 4) is 11.5 Å². The lowest BCUT2D eigenvalue weighted by Crippen LogP contribution is -2.13. The van der Waals surface area contributed by atoms with Crippen LogP contribution >= 0.6 is 0 Å². The van der Waals surface area contributed by atoms with Gasteiger partial charge >= 0.3 is 6.18 Å². The first kappa shape index (κ1) is 16.9. The molecule has 2 aromatic rings. The van der Waals surface area contributed by atoms with Gasteiger partial charge in [-0.3, -0.25) is 4.72 Å². The molecule has 0 unspecified atom stereocenters. The van der Waals surface area contributed by atoms with E-state index < -0.39 is 21.8 Å². The molecule has 0 amide bonds. The topological polar surface area (TPSA) is 75.6 Å². The summed E-state index contributed by atoms with van der Waals surface area (Å²) in [5.74, 6) is -0.123. The molecule has 0 saturated heterocycles. The number of benzene rings is 2. The van der Waals surface area contributed by atoms with E-state index in [1.54, 1.807) is 0 Å². The van der Waals surface area contributed by atoms with Gasteiger partial charge in [-0.2, -0.15) is 13.2 Å². The SMILES string of the molecule is COc1ccc(NS(=O)(=O)c2ccc(C(F)(F)F)cc2)cc1O. The normalized spacial score (nSPS) is 12.0. The molecule has 0 bridgehead atoms. The van der Waals surface area contributed by atoms with Gasteiger partial charge in [0.15, 0.2) is 11.5 Å². The number of halogens is 3. The predicted molar refractivity (Wildman–Crippen MR) is 76.9 cm³/mol. The Morgan fingerprint density at radius 2 is 1.70 bits per heavy atom. The Morgan fingerprint density at radius 3 is 2.17 bits per heavy atom. The number of hydrogen-bond acceptors (Lipinski definition) is 4. The van der Waals surface area contributed by atoms with E-state index in [1.165, 1.54) is 19.2 Å². The maximum atomic E-state index is 12.5. The standard InChI is InChI=1S/C14H12F3NO4S/c1-22-13-7-4-10(8-12(13)19)18-23(20,21)11-5-2-9(3-6-11)14(15,16)17/h2-8,18-19H,1H3. The van der Waals surface area contributed by atoms with Gasteiger partial charge in [0.25, 0.3) is 10.0 Å². The van der Waals surface area contributed by atoms with Crippen LogP contribution in [0.2, 0.25) is 0 Å². The summed E-state index contributed by atoms with van der Waals surface area (Å²) in [6.45, 7) is 0. The number of anilines is 1. The molecule has 0 atom stereocenters. The second-order valence-corrected chi connectivity index (χ2v) is 6.20. The van der Waals surface area contributed by atoms with Crippen LogP contribution in [-0.2, 0) is 16.2 Å². The largest absolute Gasteiger partial charge is 0.504 e. The Bertz CT molecular complexity index is 802. The van der Waals surface area contributed by atoms with Crippen LogP contribution in [0.4, 0.5) is 18.9 Å². The van der Waals surface area contributed by atoms with E-state index in [9.17, 15) is 26.7 Å². The Kier molecular flexibility index (Phi) is 4.42. The van der Waals surface area contributed by atoms with E-state index in [2.05, 4.69) is 4.72 Å². The van der Waals surface area contributed by atoms with Crippen LogP contribution in [-0.4, -0.2) is 20.6 Å². The lowest BCUT2D eigenvalue weighted by atomic mass is 10.2. The maximum absolute atomic E-state index is 12.5. The Hall–Kier alpha value is -2.42. The molecule has 2 rings (SSSR count). The van der Waals surface area contributed by atoms with E-state index in [0.29, 0.717) is 12.1 Å². The van der Waals surface area contributed by atoms with Crippen molar-refractivity contribution in [2.45, 2.75) is 11.1 Å². The van der Waals surface area contributed by atoms with Gasteiger partial charge in [0.2, 0.25) is 0 Å². The third kappa shape index (κ3) is 3.86. The first-order valence-electron chi connectivity index (χ1n) is 6.20. The molecule has 2 aromatic carbocycles. The summed E-state index contributed by atoms with van der Waals surface area (Å²) in [7, 11) is -2.75. The minimum absolute atomic E-state index is 0.0446. The van der Waals surface area contributed by atoms with Gasteiger partial charge < -0.3 is 9.84 Å². The van der Waals surface area contributed by atoms with Gasteiger partial charge in [0, 0.05) is 6.07 Å². The molecule has 23 heavy (non-hydrogen) atoms. The van der Waals surface area contributed by atoms with Crippen LogP contribution < -0.4 is 9.46 Å². The number of methoxy groups -OCH3 is 1. The first-order valence-corrected chi connectivity index (χ1v) is 7.69. The smallest absolute Gasteiger partial charge is 0.416 e. The van der Waals surface area contributed by atoms with Crippen LogP contribution in [0.1, 0.15) is 5.56 Å². The molecule has 0 spiro atoms. The van der Waals surface area contributed by atoms with Gasteiger partial charge in [-0.15, -0.1) is 0 Å². The zero-order chi connectivity index (χ0) is 17.3. The number of phenols is 1. The number of nitrogens with one attached hydrogen (secondary N) is 1. The molecule has 2 N–H and O–H groups in total. The summed E-state index contributed by atoms with van der Waals surface area (Å²) in [6, 6.07) is 6.89. The number of alkyl halides is 3. The fourth-order valence-electron chi connectivity index (χ4n) is 1.79. The van der Waals surface area contributed by atoms with E-state index in [4.69, 9.17) is 4.74 Å². The summed E-state index contributed by atoms with van der Waals surface area (Å²) >= 11 is 0. The summed E-state index contributed by atoms with van der Waals surface area (Å²) in [5, 5.41) is 9.60. The number of hydrogen-bond donors (Lipinski definition) is 2. The van der Waals surface area contributed by atoms with Crippen molar-refractivity contribution in [1.29, 1.82) is 0 Å². The van der Waals surface area contributed by atoms with Gasteiger partial charge in [0.1, 0.15) is 0 Å². The first-order chi connectivity index (χ1) is 10.6. The number of rotatable bonds is 4. The van der Waals surface area contributed by atoms with Crippen molar-refractivity contribution in [3.05, 3.63) is 48.0 Å². The quantitative estimate of drug-likeness (QED) is 0.890. The second-order valence-electron chi connectivity index (χ2n) is 4.51. The molecule has 0 heterocycles. The predicted octanol–water partition coefficient (Wildman–Crippen LogP) is 3.22. The molecule has 0 fully saturated rings. The van der Waals surface area contributed by atoms with Crippen molar-refractivity contribution >= 4 is 15.7 Å². The van der Waals surface area contributed by atoms with E-state index in [1.807, 2.05) is 0 Å². The monoisotopic (exact) mass is 347 g/mol. The fourth-order valence-corrected chi connectivity index (χ4v) is 2.84. The number of sulfonamides is 1. The molecular weight excluding hydrogens is 335 g/mol. The minimum atomic E-state index is -4.54. The fraction of sp³-hybridized carbons (Fsp3) is 0.143. The lowest BCUT2D eigenvalue weighted by Gasteiger charge is -2.11. The van der Waals surface area contributed by atoms with Gasteiger partial charge in [-0.25, -0.2) is 8.42 Å². The molecular formula is C14H12F3NO4S. The molecule has 0 aliphatic rings. The highest BCUT2D eigenvalue weighted by atomic mass is 32.2. The highest BCUT2D eigenvalue weighted by Crippen LogP contribution is 2.31. The lowest BCUT2D eigenvalue weighted by molar-refractivity contribution is -0.137. The van der Waals surface area contributed by atoms with E-state index >= 15 is 0 Å². The van der Waals surface area contributed by atoms with Gasteiger partial charge in [0.05, 0.1) is 23.3 Å². The summed E-state index contributed by atoms with van der Waals surface area (Å²) < 4.78 is 68.7. The van der Waals surface area contributed by atoms with E-state index in [-0.39, 0.29) is 22.1 Å². The highest BCUT2D eigenvalue weighted by molar-refractivity contribution is 7.92. The molecule has 9 heteroatoms. The van der Waals surface area contributed by atoms with Gasteiger partial charge in [-0.1, -0.05) is 0 Å². The zero-order valence-electron chi connectivity index (χ0n) is 11.8. The van der Waals surface area contributed by atoms with Crippen LogP contribution in [0.5, 0.6) is 11.5 Å². The van der Waals surface area contributed by atoms with Crippen molar-refractivity contribution < 1.29 is 31.4 Å². The molecule has 0 aliphatic heterocycles. The van der Waals surface area contributed by atoms with Crippen LogP contribution in [0, 0.1) is 0 Å².